The Labute approximate surface area is 226 Å². The van der Waals surface area contributed by atoms with E-state index in [1.165, 1.54) is 0 Å². The highest BCUT2D eigenvalue weighted by Gasteiger charge is 2.27. The third kappa shape index (κ3) is 11.4. The van der Waals surface area contributed by atoms with Crippen molar-refractivity contribution >= 4 is 17.6 Å². The number of benzene rings is 1. The molecule has 1 aromatic rings. The zero-order valence-corrected chi connectivity index (χ0v) is 24.5. The maximum Gasteiger partial charge on any atom is 0.253 e. The van der Waals surface area contributed by atoms with E-state index in [1.54, 1.807) is 24.3 Å². The summed E-state index contributed by atoms with van der Waals surface area (Å²) >= 11 is 0. The van der Waals surface area contributed by atoms with Crippen molar-refractivity contribution in [3.8, 4) is 0 Å². The number of rotatable bonds is 18. The van der Waals surface area contributed by atoms with Crippen molar-refractivity contribution in [1.82, 2.24) is 10.2 Å². The highest BCUT2D eigenvalue weighted by atomic mass is 16.2. The van der Waals surface area contributed by atoms with Gasteiger partial charge in [-0.05, 0) is 55.6 Å². The average molecular weight is 516 g/mol. The Kier molecular flexibility index (Phi) is 15.4. The van der Waals surface area contributed by atoms with Crippen LogP contribution >= 0.6 is 0 Å². The SMILES string of the molecule is CCCN(CCC)C(=O)c1cccc(C(=O)C[C@@H](CC(C)C)[C@@H](N)C[C@@H](C)C(=O)NCC(CC)CC)c1. The van der Waals surface area contributed by atoms with Gasteiger partial charge >= 0.3 is 0 Å². The first-order valence-electron chi connectivity index (χ1n) is 14.5. The molecule has 0 fully saturated rings. The second kappa shape index (κ2) is 17.3. The zero-order chi connectivity index (χ0) is 28.0. The molecular weight excluding hydrogens is 462 g/mol. The first kappa shape index (κ1) is 32.8. The van der Waals surface area contributed by atoms with Gasteiger partial charge < -0.3 is 16.0 Å². The number of ketones is 1. The van der Waals surface area contributed by atoms with Gasteiger partial charge in [-0.25, -0.2) is 0 Å². The van der Waals surface area contributed by atoms with E-state index in [-0.39, 0.29) is 35.5 Å². The summed E-state index contributed by atoms with van der Waals surface area (Å²) in [4.78, 5) is 40.9. The minimum atomic E-state index is -0.255. The van der Waals surface area contributed by atoms with Crippen LogP contribution in [0.15, 0.2) is 24.3 Å². The minimum Gasteiger partial charge on any atom is -0.356 e. The molecule has 3 N–H and O–H groups in total. The molecule has 6 heteroatoms. The molecule has 3 atom stereocenters. The summed E-state index contributed by atoms with van der Waals surface area (Å²) in [6, 6.07) is 6.84. The van der Waals surface area contributed by atoms with Gasteiger partial charge in [0.2, 0.25) is 5.91 Å². The Morgan fingerprint density at radius 2 is 1.51 bits per heavy atom. The molecule has 37 heavy (non-hydrogen) atoms. The molecule has 0 aliphatic heterocycles. The number of carbonyl (C=O) groups is 3. The molecule has 0 aromatic heterocycles. The smallest absolute Gasteiger partial charge is 0.253 e. The van der Waals surface area contributed by atoms with Crippen LogP contribution in [-0.2, 0) is 4.79 Å². The Hall–Kier alpha value is -2.21. The average Bonchev–Trinajstić information content (AvgIpc) is 2.87. The van der Waals surface area contributed by atoms with E-state index >= 15 is 0 Å². The summed E-state index contributed by atoms with van der Waals surface area (Å²) < 4.78 is 0. The van der Waals surface area contributed by atoms with Gasteiger partial charge in [0.1, 0.15) is 0 Å². The van der Waals surface area contributed by atoms with Crippen molar-refractivity contribution in [2.45, 2.75) is 99.5 Å². The van der Waals surface area contributed by atoms with Gasteiger partial charge in [0.25, 0.3) is 5.91 Å². The second-order valence-corrected chi connectivity index (χ2v) is 11.1. The fourth-order valence-corrected chi connectivity index (χ4v) is 4.94. The highest BCUT2D eigenvalue weighted by molar-refractivity contribution is 6.00. The van der Waals surface area contributed by atoms with Crippen LogP contribution in [-0.4, -0.2) is 48.2 Å². The summed E-state index contributed by atoms with van der Waals surface area (Å²) in [5.74, 6) is 0.645. The summed E-state index contributed by atoms with van der Waals surface area (Å²) in [5.41, 5.74) is 7.74. The normalized spacial score (nSPS) is 13.9. The van der Waals surface area contributed by atoms with Gasteiger partial charge in [0.15, 0.2) is 5.78 Å². The molecule has 6 nitrogen and oxygen atoms in total. The summed E-state index contributed by atoms with van der Waals surface area (Å²) in [7, 11) is 0. The Balaban J connectivity index is 2.92. The van der Waals surface area contributed by atoms with E-state index in [0.717, 1.165) is 32.1 Å². The van der Waals surface area contributed by atoms with Crippen molar-refractivity contribution in [3.05, 3.63) is 35.4 Å². The lowest BCUT2D eigenvalue weighted by atomic mass is 9.82. The summed E-state index contributed by atoms with van der Waals surface area (Å²) in [6.45, 7) is 16.7. The third-order valence-corrected chi connectivity index (χ3v) is 7.33. The molecule has 0 unspecified atom stereocenters. The molecule has 0 saturated heterocycles. The molecule has 0 spiro atoms. The monoisotopic (exact) mass is 515 g/mol. The molecular formula is C31H53N3O3. The lowest BCUT2D eigenvalue weighted by Gasteiger charge is -2.27. The molecule has 0 radical (unpaired) electrons. The predicted octanol–water partition coefficient (Wildman–Crippen LogP) is 6.09. The fourth-order valence-electron chi connectivity index (χ4n) is 4.94. The van der Waals surface area contributed by atoms with Crippen molar-refractivity contribution in [2.75, 3.05) is 19.6 Å². The van der Waals surface area contributed by atoms with Crippen LogP contribution in [0.4, 0.5) is 0 Å². The predicted molar refractivity (Wildman–Crippen MR) is 154 cm³/mol. The van der Waals surface area contributed by atoms with Gasteiger partial charge in [-0.15, -0.1) is 0 Å². The van der Waals surface area contributed by atoms with E-state index in [0.29, 0.717) is 55.4 Å². The van der Waals surface area contributed by atoms with Gasteiger partial charge in [0, 0.05) is 49.1 Å². The number of hydrogen-bond acceptors (Lipinski definition) is 4. The first-order chi connectivity index (χ1) is 17.6. The van der Waals surface area contributed by atoms with E-state index in [9.17, 15) is 14.4 Å². The number of Topliss-reactive ketones (excluding diaryl/α,β-unsaturated/α-hetero) is 1. The lowest BCUT2D eigenvalue weighted by Crippen LogP contribution is -2.39. The van der Waals surface area contributed by atoms with Crippen LogP contribution in [0.2, 0.25) is 0 Å². The molecule has 0 heterocycles. The second-order valence-electron chi connectivity index (χ2n) is 11.1. The van der Waals surface area contributed by atoms with E-state index < -0.39 is 0 Å². The Morgan fingerprint density at radius 1 is 0.919 bits per heavy atom. The van der Waals surface area contributed by atoms with Gasteiger partial charge in [-0.3, -0.25) is 14.4 Å². The zero-order valence-electron chi connectivity index (χ0n) is 24.5. The number of nitrogens with two attached hydrogens (primary N) is 1. The van der Waals surface area contributed by atoms with E-state index in [1.807, 2.05) is 11.8 Å². The van der Waals surface area contributed by atoms with Crippen molar-refractivity contribution in [3.63, 3.8) is 0 Å². The van der Waals surface area contributed by atoms with Crippen molar-refractivity contribution in [2.24, 2.45) is 29.4 Å². The van der Waals surface area contributed by atoms with E-state index in [4.69, 9.17) is 5.73 Å². The van der Waals surface area contributed by atoms with Crippen molar-refractivity contribution < 1.29 is 14.4 Å². The third-order valence-electron chi connectivity index (χ3n) is 7.33. The highest BCUT2D eigenvalue weighted by Crippen LogP contribution is 2.25. The summed E-state index contributed by atoms with van der Waals surface area (Å²) in [5, 5.41) is 3.08. The Morgan fingerprint density at radius 3 is 2.05 bits per heavy atom. The number of hydrogen-bond donors (Lipinski definition) is 2. The molecule has 0 bridgehead atoms. The largest absolute Gasteiger partial charge is 0.356 e. The lowest BCUT2D eigenvalue weighted by molar-refractivity contribution is -0.125. The van der Waals surface area contributed by atoms with Gasteiger partial charge in [0.05, 0.1) is 0 Å². The quantitative estimate of drug-likeness (QED) is 0.231. The molecule has 0 saturated carbocycles. The molecule has 1 aromatic carbocycles. The Bertz CT molecular complexity index is 829. The molecule has 210 valence electrons. The van der Waals surface area contributed by atoms with Gasteiger partial charge in [-0.2, -0.15) is 0 Å². The van der Waals surface area contributed by atoms with Crippen molar-refractivity contribution in [1.29, 1.82) is 0 Å². The summed E-state index contributed by atoms with van der Waals surface area (Å²) in [6.07, 6.45) is 5.55. The standard InChI is InChI=1S/C31H53N3O3/c1-8-15-34(16-9-2)31(37)26-14-12-13-25(19-26)29(35)20-27(17-22(5)6)28(32)18-23(7)30(36)33-21-24(10-3)11-4/h12-14,19,22-24,27-28H,8-11,15-18,20-21,32H2,1-7H3,(H,33,36)/t23-,27-,28+/m1/s1. The number of nitrogens with zero attached hydrogens (tertiary/aromatic N) is 1. The van der Waals surface area contributed by atoms with Gasteiger partial charge in [-0.1, -0.05) is 73.4 Å². The number of nitrogens with one attached hydrogen (secondary N) is 1. The maximum absolute atomic E-state index is 13.3. The molecule has 1 rings (SSSR count). The topological polar surface area (TPSA) is 92.5 Å². The first-order valence-corrected chi connectivity index (χ1v) is 14.5. The molecule has 2 amide bonds. The molecule has 0 aliphatic carbocycles. The van der Waals surface area contributed by atoms with Crippen LogP contribution in [0.5, 0.6) is 0 Å². The maximum atomic E-state index is 13.3. The molecule has 0 aliphatic rings. The van der Waals surface area contributed by atoms with Crippen LogP contribution in [0.3, 0.4) is 0 Å². The van der Waals surface area contributed by atoms with Crippen LogP contribution in [0.25, 0.3) is 0 Å². The van der Waals surface area contributed by atoms with Crippen LogP contribution in [0, 0.1) is 23.7 Å². The van der Waals surface area contributed by atoms with Crippen LogP contribution in [0.1, 0.15) is 114 Å². The van der Waals surface area contributed by atoms with E-state index in [2.05, 4.69) is 46.9 Å². The minimum absolute atomic E-state index is 0.000814. The number of carbonyl (C=O) groups excluding carboxylic acids is 3. The van der Waals surface area contributed by atoms with Crippen LogP contribution < -0.4 is 11.1 Å². The fraction of sp³-hybridized carbons (Fsp3) is 0.710. The number of amides is 2.